The second-order valence-electron chi connectivity index (χ2n) is 4.47. The molecule has 21 heavy (non-hydrogen) atoms. The summed E-state index contributed by atoms with van der Waals surface area (Å²) in [6.45, 7) is 3.70. The largest absolute Gasteiger partial charge is 0.479 e. The zero-order valence-electron chi connectivity index (χ0n) is 12.2. The molecular formula is C14H20N2O3S2. The Morgan fingerprint density at radius 1 is 1.38 bits per heavy atom. The molecule has 1 amide bonds. The summed E-state index contributed by atoms with van der Waals surface area (Å²) in [5.74, 6) is -1.28. The number of rotatable bonds is 9. The third-order valence-corrected chi connectivity index (χ3v) is 5.67. The van der Waals surface area contributed by atoms with Crippen molar-refractivity contribution in [3.05, 3.63) is 24.4 Å². The Hall–Kier alpha value is -1.21. The highest BCUT2D eigenvalue weighted by molar-refractivity contribution is 8.77. The topological polar surface area (TPSA) is 79.3 Å². The first-order chi connectivity index (χ1) is 10.0. The average molecular weight is 328 g/mol. The lowest BCUT2D eigenvalue weighted by Gasteiger charge is -2.29. The maximum Gasteiger partial charge on any atom is 0.340 e. The summed E-state index contributed by atoms with van der Waals surface area (Å²) in [4.78, 5) is 26.3. The number of aliphatic carboxylic acids is 1. The van der Waals surface area contributed by atoms with Crippen molar-refractivity contribution in [1.29, 1.82) is 0 Å². The quantitative estimate of drug-likeness (QED) is 0.535. The Morgan fingerprint density at radius 2 is 2.14 bits per heavy atom. The van der Waals surface area contributed by atoms with Crippen LogP contribution < -0.4 is 5.32 Å². The number of carbonyl (C=O) groups excluding carboxylic acids is 1. The molecule has 0 fully saturated rings. The van der Waals surface area contributed by atoms with Crippen molar-refractivity contribution in [2.45, 2.75) is 49.4 Å². The van der Waals surface area contributed by atoms with E-state index in [-0.39, 0.29) is 12.3 Å². The Kier molecular flexibility index (Phi) is 7.60. The molecule has 116 valence electrons. The van der Waals surface area contributed by atoms with Crippen molar-refractivity contribution in [2.75, 3.05) is 0 Å². The summed E-state index contributed by atoms with van der Waals surface area (Å²) < 4.78 is 0. The van der Waals surface area contributed by atoms with Crippen LogP contribution in [-0.2, 0) is 9.59 Å². The highest BCUT2D eigenvalue weighted by atomic mass is 33.1. The number of pyridine rings is 1. The normalized spacial score (nSPS) is 13.4. The molecule has 1 atom stereocenters. The van der Waals surface area contributed by atoms with Crippen LogP contribution in [0.1, 0.15) is 39.5 Å². The fourth-order valence-corrected chi connectivity index (χ4v) is 4.06. The fraction of sp³-hybridized carbons (Fsp3) is 0.500. The molecule has 0 aromatic carbocycles. The van der Waals surface area contributed by atoms with Crippen LogP contribution in [0.2, 0.25) is 0 Å². The third-order valence-electron chi connectivity index (χ3n) is 2.80. The van der Waals surface area contributed by atoms with Crippen LogP contribution in [0.3, 0.4) is 0 Å². The molecule has 0 radical (unpaired) electrons. The van der Waals surface area contributed by atoms with E-state index in [0.29, 0.717) is 6.42 Å². The Bertz CT molecular complexity index is 471. The standard InChI is InChI=1S/C14H20N2O3S2/c1-3-5-9-14(13(18)19,16-11(17)4-2)21-20-12-8-6-7-10-15-12/h6-8,10H,3-5,9H2,1-2H3,(H,16,17)(H,18,19). The molecule has 1 heterocycles. The predicted molar refractivity (Wildman–Crippen MR) is 86.0 cm³/mol. The monoisotopic (exact) mass is 328 g/mol. The Morgan fingerprint density at radius 3 is 2.67 bits per heavy atom. The minimum absolute atomic E-state index is 0.260. The summed E-state index contributed by atoms with van der Waals surface area (Å²) in [6, 6.07) is 5.45. The highest BCUT2D eigenvalue weighted by Crippen LogP contribution is 2.41. The maximum absolute atomic E-state index is 11.7. The molecular weight excluding hydrogens is 308 g/mol. The van der Waals surface area contributed by atoms with Crippen molar-refractivity contribution in [3.63, 3.8) is 0 Å². The number of nitrogens with one attached hydrogen (secondary N) is 1. The number of unbranched alkanes of at least 4 members (excludes halogenated alkanes) is 1. The highest BCUT2D eigenvalue weighted by Gasteiger charge is 2.40. The number of nitrogens with zero attached hydrogens (tertiary/aromatic N) is 1. The van der Waals surface area contributed by atoms with Gasteiger partial charge in [0.2, 0.25) is 5.91 Å². The summed E-state index contributed by atoms with van der Waals surface area (Å²) in [7, 11) is 2.41. The van der Waals surface area contributed by atoms with E-state index in [4.69, 9.17) is 0 Å². The summed E-state index contributed by atoms with van der Waals surface area (Å²) >= 11 is 0. The van der Waals surface area contributed by atoms with Gasteiger partial charge in [-0.3, -0.25) is 4.79 Å². The molecule has 0 spiro atoms. The van der Waals surface area contributed by atoms with Gasteiger partial charge in [-0.25, -0.2) is 9.78 Å². The van der Waals surface area contributed by atoms with Gasteiger partial charge in [0.1, 0.15) is 5.03 Å². The van der Waals surface area contributed by atoms with E-state index in [1.54, 1.807) is 19.2 Å². The lowest BCUT2D eigenvalue weighted by Crippen LogP contribution is -2.51. The zero-order valence-corrected chi connectivity index (χ0v) is 13.8. The van der Waals surface area contributed by atoms with E-state index in [0.717, 1.165) is 28.7 Å². The van der Waals surface area contributed by atoms with Gasteiger partial charge < -0.3 is 10.4 Å². The molecule has 1 aromatic heterocycles. The second-order valence-corrected chi connectivity index (χ2v) is 6.92. The molecule has 1 aromatic rings. The van der Waals surface area contributed by atoms with Gasteiger partial charge in [-0.1, -0.05) is 26.3 Å². The summed E-state index contributed by atoms with van der Waals surface area (Å²) in [6.07, 6.45) is 3.89. The number of carbonyl (C=O) groups is 2. The van der Waals surface area contributed by atoms with Crippen molar-refractivity contribution in [2.24, 2.45) is 0 Å². The van der Waals surface area contributed by atoms with Crippen LogP contribution in [0.25, 0.3) is 0 Å². The van der Waals surface area contributed by atoms with Gasteiger partial charge in [-0.2, -0.15) is 0 Å². The van der Waals surface area contributed by atoms with Crippen LogP contribution in [0.15, 0.2) is 29.4 Å². The van der Waals surface area contributed by atoms with E-state index in [1.807, 2.05) is 19.1 Å². The first-order valence-corrected chi connectivity index (χ1v) is 9.00. The Labute approximate surface area is 132 Å². The number of aromatic nitrogens is 1. The molecule has 7 heteroatoms. The molecule has 0 aliphatic carbocycles. The van der Waals surface area contributed by atoms with Gasteiger partial charge in [0, 0.05) is 12.6 Å². The van der Waals surface area contributed by atoms with Crippen LogP contribution in [0, 0.1) is 0 Å². The number of amides is 1. The Balaban J connectivity index is 2.86. The van der Waals surface area contributed by atoms with Crippen LogP contribution in [0.4, 0.5) is 0 Å². The van der Waals surface area contributed by atoms with E-state index in [1.165, 1.54) is 10.8 Å². The van der Waals surface area contributed by atoms with Gasteiger partial charge in [0.15, 0.2) is 4.87 Å². The molecule has 0 saturated heterocycles. The van der Waals surface area contributed by atoms with Gasteiger partial charge in [-0.15, -0.1) is 0 Å². The average Bonchev–Trinajstić information content (AvgIpc) is 2.50. The van der Waals surface area contributed by atoms with Crippen LogP contribution in [-0.4, -0.2) is 26.8 Å². The van der Waals surface area contributed by atoms with Gasteiger partial charge in [-0.05, 0) is 46.6 Å². The van der Waals surface area contributed by atoms with E-state index >= 15 is 0 Å². The number of hydrogen-bond donors (Lipinski definition) is 2. The predicted octanol–water partition coefficient (Wildman–Crippen LogP) is 3.32. The summed E-state index contributed by atoms with van der Waals surface area (Å²) in [5, 5.41) is 13.0. The van der Waals surface area contributed by atoms with Crippen LogP contribution in [0.5, 0.6) is 0 Å². The molecule has 0 aliphatic heterocycles. The lowest BCUT2D eigenvalue weighted by molar-refractivity contribution is -0.143. The second kappa shape index (κ2) is 8.94. The maximum atomic E-state index is 11.7. The molecule has 1 unspecified atom stereocenters. The smallest absolute Gasteiger partial charge is 0.340 e. The molecule has 1 rings (SSSR count). The first-order valence-electron chi connectivity index (χ1n) is 6.85. The van der Waals surface area contributed by atoms with E-state index < -0.39 is 10.8 Å². The SMILES string of the molecule is CCCCC(NC(=O)CC)(SSc1ccccn1)C(=O)O. The minimum Gasteiger partial charge on any atom is -0.479 e. The third kappa shape index (κ3) is 5.59. The van der Waals surface area contributed by atoms with Crippen LogP contribution >= 0.6 is 21.6 Å². The lowest BCUT2D eigenvalue weighted by atomic mass is 10.1. The van der Waals surface area contributed by atoms with Gasteiger partial charge in [0.25, 0.3) is 0 Å². The van der Waals surface area contributed by atoms with Crippen molar-refractivity contribution < 1.29 is 14.7 Å². The van der Waals surface area contributed by atoms with Gasteiger partial charge in [0.05, 0.1) is 0 Å². The van der Waals surface area contributed by atoms with Crippen molar-refractivity contribution in [3.8, 4) is 0 Å². The number of carboxylic acid groups (broad SMARTS) is 1. The molecule has 2 N–H and O–H groups in total. The number of hydrogen-bond acceptors (Lipinski definition) is 5. The van der Waals surface area contributed by atoms with Gasteiger partial charge >= 0.3 is 5.97 Å². The fourth-order valence-electron chi connectivity index (χ4n) is 1.57. The molecule has 5 nitrogen and oxygen atoms in total. The summed E-state index contributed by atoms with van der Waals surface area (Å²) in [5.41, 5.74) is 0. The zero-order chi connectivity index (χ0) is 15.7. The van der Waals surface area contributed by atoms with Crippen molar-refractivity contribution >= 4 is 33.5 Å². The molecule has 0 saturated carbocycles. The molecule has 0 aliphatic rings. The van der Waals surface area contributed by atoms with Crippen molar-refractivity contribution in [1.82, 2.24) is 10.3 Å². The van der Waals surface area contributed by atoms with E-state index in [9.17, 15) is 14.7 Å². The van der Waals surface area contributed by atoms with E-state index in [2.05, 4.69) is 10.3 Å². The first kappa shape index (κ1) is 17.8. The minimum atomic E-state index is -1.31. The number of carboxylic acids is 1. The molecule has 0 bridgehead atoms.